The summed E-state index contributed by atoms with van der Waals surface area (Å²) in [5, 5.41) is 9.09. The Morgan fingerprint density at radius 2 is 2.16 bits per heavy atom. The van der Waals surface area contributed by atoms with Crippen molar-refractivity contribution < 1.29 is 23.8 Å². The summed E-state index contributed by atoms with van der Waals surface area (Å²) in [6, 6.07) is -1.19. The summed E-state index contributed by atoms with van der Waals surface area (Å²) in [4.78, 5) is 24.0. The maximum atomic E-state index is 14.4. The van der Waals surface area contributed by atoms with Crippen LogP contribution in [0.25, 0.3) is 0 Å². The third-order valence-electron chi connectivity index (χ3n) is 2.81. The number of carboxylic acid groups (broad SMARTS) is 1. The number of carbonyl (C=O) groups is 2. The number of amides is 1. The molecule has 2 atom stereocenters. The highest BCUT2D eigenvalue weighted by Gasteiger charge is 2.50. The largest absolute Gasteiger partial charge is 0.480 e. The van der Waals surface area contributed by atoms with Crippen molar-refractivity contribution in [3.05, 3.63) is 12.7 Å². The second-order valence-electron chi connectivity index (χ2n) is 5.81. The molecular weight excluding hydrogens is 253 g/mol. The lowest BCUT2D eigenvalue weighted by Gasteiger charge is -2.27. The van der Waals surface area contributed by atoms with E-state index < -0.39 is 29.4 Å². The minimum absolute atomic E-state index is 0.01000. The first-order valence-corrected chi connectivity index (χ1v) is 6.10. The van der Waals surface area contributed by atoms with Gasteiger partial charge >= 0.3 is 12.1 Å². The van der Waals surface area contributed by atoms with Gasteiger partial charge in [0.1, 0.15) is 17.3 Å². The number of rotatable bonds is 3. The minimum atomic E-state index is -1.75. The fraction of sp³-hybridized carbons (Fsp3) is 0.692. The van der Waals surface area contributed by atoms with Crippen molar-refractivity contribution in [3.8, 4) is 0 Å². The molecule has 1 heterocycles. The number of nitrogens with zero attached hydrogens (tertiary/aromatic N) is 1. The van der Waals surface area contributed by atoms with Crippen molar-refractivity contribution in [3.63, 3.8) is 0 Å². The molecular formula is C13H20FNO4. The third kappa shape index (κ3) is 3.94. The number of carbonyl (C=O) groups excluding carboxylic acids is 1. The number of carboxylic acids is 1. The quantitative estimate of drug-likeness (QED) is 0.802. The van der Waals surface area contributed by atoms with Gasteiger partial charge in [0.15, 0.2) is 0 Å². The molecule has 6 heteroatoms. The molecule has 0 bridgehead atoms. The van der Waals surface area contributed by atoms with Crippen molar-refractivity contribution in [1.29, 1.82) is 0 Å². The molecule has 19 heavy (non-hydrogen) atoms. The Bertz CT molecular complexity index is 391. The maximum Gasteiger partial charge on any atom is 0.411 e. The van der Waals surface area contributed by atoms with Crippen LogP contribution in [0.2, 0.25) is 0 Å². The van der Waals surface area contributed by atoms with Crippen LogP contribution in [0.5, 0.6) is 0 Å². The van der Waals surface area contributed by atoms with Crippen LogP contribution in [-0.4, -0.2) is 45.9 Å². The lowest BCUT2D eigenvalue weighted by molar-refractivity contribution is -0.142. The zero-order chi connectivity index (χ0) is 14.8. The second-order valence-corrected chi connectivity index (χ2v) is 5.81. The van der Waals surface area contributed by atoms with E-state index in [1.807, 2.05) is 0 Å². The molecule has 1 amide bonds. The molecule has 1 aliphatic rings. The number of allylic oxidation sites excluding steroid dienone is 1. The summed E-state index contributed by atoms with van der Waals surface area (Å²) >= 11 is 0. The van der Waals surface area contributed by atoms with Gasteiger partial charge in [-0.1, -0.05) is 6.08 Å². The predicted octanol–water partition coefficient (Wildman–Crippen LogP) is 2.36. The van der Waals surface area contributed by atoms with Crippen molar-refractivity contribution >= 4 is 12.1 Å². The summed E-state index contributed by atoms with van der Waals surface area (Å²) in [6.45, 7) is 8.17. The van der Waals surface area contributed by atoms with Gasteiger partial charge < -0.3 is 9.84 Å². The molecule has 0 aromatic heterocycles. The van der Waals surface area contributed by atoms with E-state index in [1.165, 1.54) is 6.08 Å². The van der Waals surface area contributed by atoms with Crippen LogP contribution in [-0.2, 0) is 9.53 Å². The second kappa shape index (κ2) is 5.19. The zero-order valence-corrected chi connectivity index (χ0v) is 11.5. The lowest BCUT2D eigenvalue weighted by atomic mass is 9.98. The maximum absolute atomic E-state index is 14.4. The molecule has 1 rings (SSSR count). The van der Waals surface area contributed by atoms with Gasteiger partial charge in [-0.3, -0.25) is 4.90 Å². The van der Waals surface area contributed by atoms with Crippen LogP contribution in [0.1, 0.15) is 33.6 Å². The molecule has 0 saturated carbocycles. The predicted molar refractivity (Wildman–Crippen MR) is 67.6 cm³/mol. The summed E-state index contributed by atoms with van der Waals surface area (Å²) in [7, 11) is 0. The molecule has 0 radical (unpaired) electrons. The number of halogens is 1. The number of likely N-dealkylation sites (tertiary alicyclic amines) is 1. The third-order valence-corrected chi connectivity index (χ3v) is 2.81. The number of ether oxygens (including phenoxy) is 1. The van der Waals surface area contributed by atoms with Crippen LogP contribution in [0.15, 0.2) is 12.7 Å². The van der Waals surface area contributed by atoms with E-state index in [1.54, 1.807) is 20.8 Å². The van der Waals surface area contributed by atoms with Gasteiger partial charge in [-0.2, -0.15) is 0 Å². The minimum Gasteiger partial charge on any atom is -0.480 e. The van der Waals surface area contributed by atoms with Crippen LogP contribution in [0.3, 0.4) is 0 Å². The Morgan fingerprint density at radius 3 is 2.58 bits per heavy atom. The number of aliphatic carboxylic acids is 1. The molecule has 0 aromatic carbocycles. The van der Waals surface area contributed by atoms with Crippen LogP contribution in [0, 0.1) is 0 Å². The fourth-order valence-electron chi connectivity index (χ4n) is 2.08. The highest BCUT2D eigenvalue weighted by Crippen LogP contribution is 2.35. The van der Waals surface area contributed by atoms with Crippen molar-refractivity contribution in [2.24, 2.45) is 0 Å². The highest BCUT2D eigenvalue weighted by atomic mass is 19.1. The Labute approximate surface area is 112 Å². The Kier molecular flexibility index (Phi) is 4.22. The first-order valence-electron chi connectivity index (χ1n) is 6.10. The van der Waals surface area contributed by atoms with E-state index in [4.69, 9.17) is 9.84 Å². The Morgan fingerprint density at radius 1 is 1.58 bits per heavy atom. The van der Waals surface area contributed by atoms with E-state index in [-0.39, 0.29) is 19.4 Å². The van der Waals surface area contributed by atoms with E-state index in [2.05, 4.69) is 6.58 Å². The van der Waals surface area contributed by atoms with Crippen LogP contribution >= 0.6 is 0 Å². The first-order chi connectivity index (χ1) is 8.58. The van der Waals surface area contributed by atoms with Crippen LogP contribution in [0.4, 0.5) is 9.18 Å². The Balaban J connectivity index is 2.88. The summed E-state index contributed by atoms with van der Waals surface area (Å²) in [6.07, 6.45) is 0.352. The smallest absolute Gasteiger partial charge is 0.411 e. The number of hydrogen-bond donors (Lipinski definition) is 1. The van der Waals surface area contributed by atoms with E-state index in [0.29, 0.717) is 0 Å². The van der Waals surface area contributed by atoms with Crippen molar-refractivity contribution in [2.45, 2.75) is 50.9 Å². The normalized spacial score (nSPS) is 27.2. The topological polar surface area (TPSA) is 66.8 Å². The zero-order valence-electron chi connectivity index (χ0n) is 11.5. The average molecular weight is 273 g/mol. The summed E-state index contributed by atoms with van der Waals surface area (Å²) in [5.74, 6) is -1.23. The standard InChI is InChI=1S/C13H20FNO4/c1-5-6-13(14)7-9(10(16)17)15(8-13)11(18)19-12(2,3)4/h5,9H,1,6-8H2,2-4H3,(H,16,17)/t9-,13?/m0/s1. The number of hydrogen-bond acceptors (Lipinski definition) is 3. The van der Waals surface area contributed by atoms with Gasteiger partial charge in [0.25, 0.3) is 0 Å². The summed E-state index contributed by atoms with van der Waals surface area (Å²) in [5.41, 5.74) is -2.50. The fourth-order valence-corrected chi connectivity index (χ4v) is 2.08. The van der Waals surface area contributed by atoms with Crippen molar-refractivity contribution in [1.82, 2.24) is 4.90 Å². The highest BCUT2D eigenvalue weighted by molar-refractivity contribution is 5.81. The van der Waals surface area contributed by atoms with E-state index in [9.17, 15) is 14.0 Å². The van der Waals surface area contributed by atoms with E-state index in [0.717, 1.165) is 4.90 Å². The van der Waals surface area contributed by atoms with Gasteiger partial charge in [0.05, 0.1) is 6.54 Å². The molecule has 1 fully saturated rings. The van der Waals surface area contributed by atoms with Gasteiger partial charge in [-0.25, -0.2) is 14.0 Å². The first kappa shape index (κ1) is 15.5. The molecule has 0 spiro atoms. The average Bonchev–Trinajstić information content (AvgIpc) is 2.54. The lowest BCUT2D eigenvalue weighted by Crippen LogP contribution is -2.43. The van der Waals surface area contributed by atoms with Gasteiger partial charge in [0, 0.05) is 12.8 Å². The van der Waals surface area contributed by atoms with Gasteiger partial charge in [0.2, 0.25) is 0 Å². The molecule has 108 valence electrons. The molecule has 5 nitrogen and oxygen atoms in total. The van der Waals surface area contributed by atoms with E-state index >= 15 is 0 Å². The molecule has 0 aliphatic carbocycles. The SMILES string of the molecule is C=CCC1(F)C[C@@H](C(=O)O)N(C(=O)OC(C)(C)C)C1. The van der Waals surface area contributed by atoms with Gasteiger partial charge in [-0.05, 0) is 20.8 Å². The van der Waals surface area contributed by atoms with Crippen LogP contribution < -0.4 is 0 Å². The summed E-state index contributed by atoms with van der Waals surface area (Å²) < 4.78 is 19.5. The van der Waals surface area contributed by atoms with Gasteiger partial charge in [-0.15, -0.1) is 6.58 Å². The monoisotopic (exact) mass is 273 g/mol. The van der Waals surface area contributed by atoms with Crippen molar-refractivity contribution in [2.75, 3.05) is 6.54 Å². The molecule has 0 aromatic rings. The molecule has 1 saturated heterocycles. The molecule has 1 N–H and O–H groups in total. The molecule has 1 aliphatic heterocycles. The molecule has 1 unspecified atom stereocenters. The Hall–Kier alpha value is -1.59. The number of alkyl halides is 1.